The zero-order chi connectivity index (χ0) is 23.0. The number of nitrogen functional groups attached to an aromatic ring is 1. The number of benzene rings is 1. The number of piperidine rings is 1. The van der Waals surface area contributed by atoms with E-state index in [1.54, 1.807) is 21.7 Å². The SMILES string of the molecule is CC(C)(C)OC(=O)N1CCC[C@@H](n2nc(C3COc4ccccc4O3)c(C(N)=O)c2N)C1. The quantitative estimate of drug-likeness (QED) is 0.744. The molecule has 0 saturated carbocycles. The predicted octanol–water partition coefficient (Wildman–Crippen LogP) is 2.65. The number of carbonyl (C=O) groups is 2. The van der Waals surface area contributed by atoms with Crippen LogP contribution in [0.5, 0.6) is 11.5 Å². The second kappa shape index (κ2) is 8.25. The minimum absolute atomic E-state index is 0.118. The highest BCUT2D eigenvalue weighted by Crippen LogP contribution is 2.38. The number of nitrogens with two attached hydrogens (primary N) is 2. The van der Waals surface area contributed by atoms with Crippen LogP contribution >= 0.6 is 0 Å². The van der Waals surface area contributed by atoms with Crippen molar-refractivity contribution in [3.05, 3.63) is 35.5 Å². The standard InChI is InChI=1S/C22H29N5O5/c1-22(2,3)32-21(29)26-10-6-7-13(11-26)27-19(23)17(20(24)28)18(25-27)16-12-30-14-8-4-5-9-15(14)31-16/h4-5,8-9,13,16H,6-7,10-12,23H2,1-3H3,(H2,24,28)/t13-,16?/m1/s1. The average molecular weight is 444 g/mol. The highest BCUT2D eigenvalue weighted by molar-refractivity contribution is 5.98. The van der Waals surface area contributed by atoms with Gasteiger partial charge in [-0.2, -0.15) is 5.10 Å². The van der Waals surface area contributed by atoms with Crippen LogP contribution in [0.15, 0.2) is 24.3 Å². The number of fused-ring (bicyclic) bond motifs is 1. The lowest BCUT2D eigenvalue weighted by molar-refractivity contribution is 0.0167. The molecule has 1 fully saturated rings. The first kappa shape index (κ1) is 21.8. The fourth-order valence-electron chi connectivity index (χ4n) is 4.02. The zero-order valence-electron chi connectivity index (χ0n) is 18.5. The van der Waals surface area contributed by atoms with E-state index >= 15 is 0 Å². The van der Waals surface area contributed by atoms with E-state index in [0.717, 1.165) is 12.8 Å². The van der Waals surface area contributed by atoms with Crippen molar-refractivity contribution in [1.82, 2.24) is 14.7 Å². The third-order valence-electron chi connectivity index (χ3n) is 5.43. The summed E-state index contributed by atoms with van der Waals surface area (Å²) in [5.74, 6) is 0.648. The second-order valence-electron chi connectivity index (χ2n) is 9.04. The summed E-state index contributed by atoms with van der Waals surface area (Å²) in [5.41, 5.74) is 11.8. The summed E-state index contributed by atoms with van der Waals surface area (Å²) in [5, 5.41) is 4.63. The molecule has 1 saturated heterocycles. The van der Waals surface area contributed by atoms with Gasteiger partial charge in [0.15, 0.2) is 17.6 Å². The summed E-state index contributed by atoms with van der Waals surface area (Å²) in [6.45, 7) is 6.60. The molecular weight excluding hydrogens is 414 g/mol. The molecule has 1 aromatic carbocycles. The van der Waals surface area contributed by atoms with E-state index in [9.17, 15) is 9.59 Å². The average Bonchev–Trinajstić information content (AvgIpc) is 3.09. The van der Waals surface area contributed by atoms with E-state index < -0.39 is 17.6 Å². The van der Waals surface area contributed by atoms with Crippen LogP contribution in [0.1, 0.15) is 61.8 Å². The number of carbonyl (C=O) groups excluding carboxylic acids is 2. The van der Waals surface area contributed by atoms with Crippen LogP contribution < -0.4 is 20.9 Å². The van der Waals surface area contributed by atoms with Gasteiger partial charge >= 0.3 is 6.09 Å². The molecule has 2 amide bonds. The monoisotopic (exact) mass is 443 g/mol. The van der Waals surface area contributed by atoms with Gasteiger partial charge < -0.3 is 30.6 Å². The summed E-state index contributed by atoms with van der Waals surface area (Å²) in [4.78, 5) is 26.5. The minimum atomic E-state index is -0.689. The van der Waals surface area contributed by atoms with E-state index in [0.29, 0.717) is 30.3 Å². The number of nitrogens with zero attached hydrogens (tertiary/aromatic N) is 3. The molecule has 0 bridgehead atoms. The first-order chi connectivity index (χ1) is 15.1. The van der Waals surface area contributed by atoms with Crippen molar-refractivity contribution in [2.24, 2.45) is 5.73 Å². The van der Waals surface area contributed by atoms with Crippen molar-refractivity contribution < 1.29 is 23.8 Å². The Morgan fingerprint density at radius 2 is 1.94 bits per heavy atom. The molecule has 0 aliphatic carbocycles. The minimum Gasteiger partial charge on any atom is -0.485 e. The summed E-state index contributed by atoms with van der Waals surface area (Å²) in [6.07, 6.45) is 0.472. The number of amides is 2. The molecule has 32 heavy (non-hydrogen) atoms. The lowest BCUT2D eigenvalue weighted by Gasteiger charge is -2.34. The lowest BCUT2D eigenvalue weighted by atomic mass is 10.1. The third kappa shape index (κ3) is 4.30. The van der Waals surface area contributed by atoms with Gasteiger partial charge in [-0.25, -0.2) is 9.48 Å². The Hall–Kier alpha value is -3.43. The van der Waals surface area contributed by atoms with Crippen LogP contribution in [0.2, 0.25) is 0 Å². The van der Waals surface area contributed by atoms with E-state index in [4.69, 9.17) is 25.7 Å². The molecule has 2 aromatic rings. The van der Waals surface area contributed by atoms with E-state index in [1.807, 2.05) is 32.9 Å². The molecule has 10 heteroatoms. The number of primary amides is 1. The first-order valence-electron chi connectivity index (χ1n) is 10.7. The van der Waals surface area contributed by atoms with Crippen LogP contribution in [0.3, 0.4) is 0 Å². The Morgan fingerprint density at radius 1 is 1.22 bits per heavy atom. The van der Waals surface area contributed by atoms with Gasteiger partial charge in [0.05, 0.1) is 6.04 Å². The van der Waals surface area contributed by atoms with Crippen LogP contribution in [-0.2, 0) is 4.74 Å². The van der Waals surface area contributed by atoms with Gasteiger partial charge in [0.25, 0.3) is 5.91 Å². The van der Waals surface area contributed by atoms with Gasteiger partial charge in [0.1, 0.15) is 29.3 Å². The van der Waals surface area contributed by atoms with Crippen molar-refractivity contribution in [3.63, 3.8) is 0 Å². The van der Waals surface area contributed by atoms with E-state index in [-0.39, 0.29) is 30.1 Å². The molecule has 1 unspecified atom stereocenters. The van der Waals surface area contributed by atoms with Crippen molar-refractivity contribution in [1.29, 1.82) is 0 Å². The van der Waals surface area contributed by atoms with Crippen LogP contribution in [0.25, 0.3) is 0 Å². The number of rotatable bonds is 3. The third-order valence-corrected chi connectivity index (χ3v) is 5.43. The van der Waals surface area contributed by atoms with Crippen LogP contribution in [-0.4, -0.2) is 52.0 Å². The largest absolute Gasteiger partial charge is 0.485 e. The van der Waals surface area contributed by atoms with Gasteiger partial charge in [-0.15, -0.1) is 0 Å². The van der Waals surface area contributed by atoms with Gasteiger partial charge in [-0.1, -0.05) is 12.1 Å². The van der Waals surface area contributed by atoms with Crippen molar-refractivity contribution in [3.8, 4) is 11.5 Å². The Morgan fingerprint density at radius 3 is 2.62 bits per heavy atom. The van der Waals surface area contributed by atoms with Crippen molar-refractivity contribution >= 4 is 17.8 Å². The topological polar surface area (TPSA) is 135 Å². The number of hydrogen-bond acceptors (Lipinski definition) is 7. The van der Waals surface area contributed by atoms with E-state index in [2.05, 4.69) is 5.10 Å². The van der Waals surface area contributed by atoms with Crippen LogP contribution in [0.4, 0.5) is 10.6 Å². The summed E-state index contributed by atoms with van der Waals surface area (Å²) in [6, 6.07) is 7.05. The maximum absolute atomic E-state index is 12.6. The van der Waals surface area contributed by atoms with Crippen molar-refractivity contribution in [2.45, 2.75) is 51.4 Å². The first-order valence-corrected chi connectivity index (χ1v) is 10.7. The number of likely N-dealkylation sites (tertiary alicyclic amines) is 1. The molecule has 2 atom stereocenters. The number of hydrogen-bond donors (Lipinski definition) is 2. The second-order valence-corrected chi connectivity index (χ2v) is 9.04. The molecule has 2 aliphatic heterocycles. The number of para-hydroxylation sites is 2. The zero-order valence-corrected chi connectivity index (χ0v) is 18.5. The molecule has 4 rings (SSSR count). The Kier molecular flexibility index (Phi) is 5.62. The number of aromatic nitrogens is 2. The number of anilines is 1. The normalized spacial score (nSPS) is 20.7. The van der Waals surface area contributed by atoms with Crippen molar-refractivity contribution in [2.75, 3.05) is 25.4 Å². The molecular formula is C22H29N5O5. The molecule has 0 radical (unpaired) electrons. The fraction of sp³-hybridized carbons (Fsp3) is 0.500. The molecule has 0 spiro atoms. The van der Waals surface area contributed by atoms with Gasteiger partial charge in [-0.05, 0) is 45.7 Å². The van der Waals surface area contributed by atoms with Gasteiger partial charge in [-0.3, -0.25) is 4.79 Å². The number of ether oxygens (including phenoxy) is 3. The lowest BCUT2D eigenvalue weighted by Crippen LogP contribution is -2.43. The molecule has 3 heterocycles. The summed E-state index contributed by atoms with van der Waals surface area (Å²) >= 11 is 0. The van der Waals surface area contributed by atoms with E-state index in [1.165, 1.54) is 0 Å². The molecule has 10 nitrogen and oxygen atoms in total. The van der Waals surface area contributed by atoms with Crippen LogP contribution in [0, 0.1) is 0 Å². The van der Waals surface area contributed by atoms with Gasteiger partial charge in [0, 0.05) is 13.1 Å². The maximum atomic E-state index is 12.6. The fourth-order valence-corrected chi connectivity index (χ4v) is 4.02. The highest BCUT2D eigenvalue weighted by Gasteiger charge is 2.35. The molecule has 2 aliphatic rings. The maximum Gasteiger partial charge on any atom is 0.410 e. The smallest absolute Gasteiger partial charge is 0.410 e. The molecule has 172 valence electrons. The predicted molar refractivity (Wildman–Crippen MR) is 117 cm³/mol. The molecule has 4 N–H and O–H groups in total. The highest BCUT2D eigenvalue weighted by atomic mass is 16.6. The molecule has 1 aromatic heterocycles. The summed E-state index contributed by atoms with van der Waals surface area (Å²) in [7, 11) is 0. The Bertz CT molecular complexity index is 1030. The summed E-state index contributed by atoms with van der Waals surface area (Å²) < 4.78 is 18.9. The Balaban J connectivity index is 1.60. The van der Waals surface area contributed by atoms with Gasteiger partial charge in [0.2, 0.25) is 0 Å². The Labute approximate surface area is 186 Å².